The van der Waals surface area contributed by atoms with Crippen molar-refractivity contribution in [1.29, 1.82) is 0 Å². The number of benzene rings is 2. The van der Waals surface area contributed by atoms with Crippen LogP contribution in [-0.4, -0.2) is 35.7 Å². The monoisotopic (exact) mass is 362 g/mol. The molecule has 1 aliphatic heterocycles. The van der Waals surface area contributed by atoms with Crippen molar-refractivity contribution in [2.24, 2.45) is 0 Å². The zero-order valence-corrected chi connectivity index (χ0v) is 14.6. The maximum atomic E-state index is 13.2. The molecule has 0 radical (unpaired) electrons. The Morgan fingerprint density at radius 2 is 1.96 bits per heavy atom. The lowest BCUT2D eigenvalue weighted by molar-refractivity contribution is -0.119. The minimum atomic E-state index is -0.891. The highest BCUT2D eigenvalue weighted by atomic mass is 32.2. The normalized spacial score (nSPS) is 17.6. The summed E-state index contributed by atoms with van der Waals surface area (Å²) in [5.74, 6) is -1.66. The van der Waals surface area contributed by atoms with E-state index < -0.39 is 11.6 Å². The van der Waals surface area contributed by atoms with E-state index in [1.54, 1.807) is 0 Å². The van der Waals surface area contributed by atoms with E-state index in [0.717, 1.165) is 38.2 Å². The fourth-order valence-corrected chi connectivity index (χ4v) is 3.65. The number of carbonyl (C=O) groups is 1. The van der Waals surface area contributed by atoms with Gasteiger partial charge in [-0.3, -0.25) is 9.69 Å². The molecule has 1 fully saturated rings. The number of amides is 1. The third-order valence-corrected chi connectivity index (χ3v) is 5.14. The number of likely N-dealkylation sites (tertiary alicyclic amines) is 1. The molecule has 0 saturated carbocycles. The van der Waals surface area contributed by atoms with E-state index in [1.165, 1.54) is 23.4 Å². The summed E-state index contributed by atoms with van der Waals surface area (Å²) in [6, 6.07) is 14.1. The Hall–Kier alpha value is -1.92. The predicted octanol–water partition coefficient (Wildman–Crippen LogP) is 3.45. The molecular weight excluding hydrogens is 342 g/mol. The lowest BCUT2D eigenvalue weighted by Gasteiger charge is -2.16. The Bertz CT molecular complexity index is 727. The summed E-state index contributed by atoms with van der Waals surface area (Å²) in [6.07, 6.45) is 0.925. The minimum Gasteiger partial charge on any atom is -0.351 e. The molecule has 0 bridgehead atoms. The van der Waals surface area contributed by atoms with Crippen LogP contribution in [0.25, 0.3) is 0 Å². The fourth-order valence-electron chi connectivity index (χ4n) is 2.92. The van der Waals surface area contributed by atoms with Crippen LogP contribution in [0.15, 0.2) is 53.4 Å². The van der Waals surface area contributed by atoms with Crippen LogP contribution in [0.2, 0.25) is 0 Å². The Morgan fingerprint density at radius 3 is 2.72 bits per heavy atom. The lowest BCUT2D eigenvalue weighted by Crippen LogP contribution is -2.37. The van der Waals surface area contributed by atoms with Crippen LogP contribution in [0.5, 0.6) is 0 Å². The largest absolute Gasteiger partial charge is 0.351 e. The molecule has 2 aromatic carbocycles. The summed E-state index contributed by atoms with van der Waals surface area (Å²) >= 11 is 1.21. The molecule has 1 atom stereocenters. The van der Waals surface area contributed by atoms with Crippen molar-refractivity contribution in [3.05, 3.63) is 65.7 Å². The summed E-state index contributed by atoms with van der Waals surface area (Å²) in [5.41, 5.74) is 1.27. The van der Waals surface area contributed by atoms with Gasteiger partial charge in [-0.1, -0.05) is 30.3 Å². The van der Waals surface area contributed by atoms with Crippen molar-refractivity contribution in [2.75, 3.05) is 18.8 Å². The standard InChI is InChI=1S/C19H20F2N2OS/c20-17-7-6-16(10-18(17)21)25-13-19(24)22-15-8-9-23(12-15)11-14-4-2-1-3-5-14/h1-7,10,15H,8-9,11-13H2,(H,22,24)/t15-/m1/s1. The molecule has 0 aliphatic carbocycles. The van der Waals surface area contributed by atoms with Crippen molar-refractivity contribution in [1.82, 2.24) is 10.2 Å². The first-order valence-corrected chi connectivity index (χ1v) is 9.22. The van der Waals surface area contributed by atoms with E-state index in [2.05, 4.69) is 22.3 Å². The molecule has 3 nitrogen and oxygen atoms in total. The summed E-state index contributed by atoms with van der Waals surface area (Å²) in [5, 5.41) is 3.02. The number of hydrogen-bond acceptors (Lipinski definition) is 3. The number of carbonyl (C=O) groups excluding carboxylic acids is 1. The molecule has 1 aliphatic rings. The number of nitrogens with zero attached hydrogens (tertiary/aromatic N) is 1. The number of nitrogens with one attached hydrogen (secondary N) is 1. The first-order chi connectivity index (χ1) is 12.1. The second-order valence-electron chi connectivity index (χ2n) is 6.14. The smallest absolute Gasteiger partial charge is 0.230 e. The zero-order valence-electron chi connectivity index (χ0n) is 13.8. The predicted molar refractivity (Wildman–Crippen MR) is 95.3 cm³/mol. The Labute approximate surface area is 150 Å². The summed E-state index contributed by atoms with van der Waals surface area (Å²) in [7, 11) is 0. The van der Waals surface area contributed by atoms with Crippen molar-refractivity contribution >= 4 is 17.7 Å². The second kappa shape index (κ2) is 8.45. The minimum absolute atomic E-state index is 0.0821. The third kappa shape index (κ3) is 5.28. The van der Waals surface area contributed by atoms with Gasteiger partial charge in [0.1, 0.15) is 0 Å². The number of halogens is 2. The summed E-state index contributed by atoms with van der Waals surface area (Å²) < 4.78 is 26.1. The van der Waals surface area contributed by atoms with Gasteiger partial charge in [-0.15, -0.1) is 11.8 Å². The number of hydrogen-bond donors (Lipinski definition) is 1. The molecular formula is C19H20F2N2OS. The average Bonchev–Trinajstić information content (AvgIpc) is 3.03. The highest BCUT2D eigenvalue weighted by Crippen LogP contribution is 2.20. The molecule has 132 valence electrons. The first-order valence-electron chi connectivity index (χ1n) is 8.23. The molecule has 0 unspecified atom stereocenters. The van der Waals surface area contributed by atoms with E-state index in [-0.39, 0.29) is 17.7 Å². The maximum Gasteiger partial charge on any atom is 0.230 e. The van der Waals surface area contributed by atoms with Gasteiger partial charge in [0.2, 0.25) is 5.91 Å². The van der Waals surface area contributed by atoms with Crippen LogP contribution in [0.1, 0.15) is 12.0 Å². The van der Waals surface area contributed by atoms with Crippen LogP contribution in [0.3, 0.4) is 0 Å². The van der Waals surface area contributed by atoms with Crippen molar-refractivity contribution in [2.45, 2.75) is 23.9 Å². The maximum absolute atomic E-state index is 13.2. The molecule has 0 spiro atoms. The van der Waals surface area contributed by atoms with Crippen LogP contribution >= 0.6 is 11.8 Å². The molecule has 1 saturated heterocycles. The Kier molecular flexibility index (Phi) is 6.04. The van der Waals surface area contributed by atoms with Crippen molar-refractivity contribution in [3.8, 4) is 0 Å². The van der Waals surface area contributed by atoms with E-state index in [0.29, 0.717) is 4.90 Å². The lowest BCUT2D eigenvalue weighted by atomic mass is 10.2. The summed E-state index contributed by atoms with van der Waals surface area (Å²) in [4.78, 5) is 14.9. The number of rotatable bonds is 6. The van der Waals surface area contributed by atoms with E-state index in [9.17, 15) is 13.6 Å². The highest BCUT2D eigenvalue weighted by molar-refractivity contribution is 8.00. The molecule has 1 heterocycles. The third-order valence-electron chi connectivity index (χ3n) is 4.15. The molecule has 25 heavy (non-hydrogen) atoms. The van der Waals surface area contributed by atoms with Gasteiger partial charge in [-0.05, 0) is 30.2 Å². The van der Waals surface area contributed by atoms with Gasteiger partial charge in [0.05, 0.1) is 5.75 Å². The average molecular weight is 362 g/mol. The number of thioether (sulfide) groups is 1. The van der Waals surface area contributed by atoms with Gasteiger partial charge in [0, 0.05) is 30.6 Å². The van der Waals surface area contributed by atoms with Crippen LogP contribution in [0.4, 0.5) is 8.78 Å². The van der Waals surface area contributed by atoms with E-state index in [4.69, 9.17) is 0 Å². The topological polar surface area (TPSA) is 32.3 Å². The van der Waals surface area contributed by atoms with Crippen molar-refractivity contribution in [3.63, 3.8) is 0 Å². The Morgan fingerprint density at radius 1 is 1.16 bits per heavy atom. The van der Waals surface area contributed by atoms with Gasteiger partial charge >= 0.3 is 0 Å². The quantitative estimate of drug-likeness (QED) is 0.799. The molecule has 6 heteroatoms. The van der Waals surface area contributed by atoms with Crippen molar-refractivity contribution < 1.29 is 13.6 Å². The van der Waals surface area contributed by atoms with Gasteiger partial charge in [-0.25, -0.2) is 8.78 Å². The molecule has 1 amide bonds. The Balaban J connectivity index is 1.42. The fraction of sp³-hybridized carbons (Fsp3) is 0.316. The molecule has 2 aromatic rings. The second-order valence-corrected chi connectivity index (χ2v) is 7.19. The summed E-state index contributed by atoms with van der Waals surface area (Å²) in [6.45, 7) is 2.67. The molecule has 1 N–H and O–H groups in total. The van der Waals surface area contributed by atoms with Gasteiger partial charge in [0.25, 0.3) is 0 Å². The van der Waals surface area contributed by atoms with Crippen LogP contribution in [-0.2, 0) is 11.3 Å². The molecule has 3 rings (SSSR count). The SMILES string of the molecule is O=C(CSc1ccc(F)c(F)c1)N[C@@H]1CCN(Cc2ccccc2)C1. The highest BCUT2D eigenvalue weighted by Gasteiger charge is 2.23. The van der Waals surface area contributed by atoms with E-state index >= 15 is 0 Å². The van der Waals surface area contributed by atoms with Gasteiger partial charge < -0.3 is 5.32 Å². The van der Waals surface area contributed by atoms with Gasteiger partial charge in [-0.2, -0.15) is 0 Å². The van der Waals surface area contributed by atoms with Gasteiger partial charge in [0.15, 0.2) is 11.6 Å². The first kappa shape index (κ1) is 17.9. The van der Waals surface area contributed by atoms with E-state index in [1.807, 2.05) is 18.2 Å². The molecule has 0 aromatic heterocycles. The van der Waals surface area contributed by atoms with Crippen LogP contribution < -0.4 is 5.32 Å². The zero-order chi connectivity index (χ0) is 17.6. The van der Waals surface area contributed by atoms with Crippen LogP contribution in [0, 0.1) is 11.6 Å².